The molecular weight excluding hydrogens is 446 g/mol. The number of ether oxygens (including phenoxy) is 3. The van der Waals surface area contributed by atoms with Crippen LogP contribution in [-0.4, -0.2) is 30.4 Å². The Hall–Kier alpha value is -3.27. The Morgan fingerprint density at radius 1 is 1.28 bits per heavy atom. The van der Waals surface area contributed by atoms with Crippen molar-refractivity contribution in [3.05, 3.63) is 60.8 Å². The number of hydrogen-bond donors (Lipinski definition) is 1. The minimum atomic E-state index is -0.501. The molecule has 0 saturated carbocycles. The number of nitrogens with zero attached hydrogens (tertiary/aromatic N) is 2. The molecule has 0 atom stereocenters. The van der Waals surface area contributed by atoms with Crippen LogP contribution in [0.1, 0.15) is 5.56 Å². The van der Waals surface area contributed by atoms with E-state index < -0.39 is 4.92 Å². The lowest BCUT2D eigenvalue weighted by molar-refractivity contribution is -0.385. The van der Waals surface area contributed by atoms with Crippen LogP contribution in [0.3, 0.4) is 0 Å². The fraction of sp³-hybridized carbons (Fsp3) is 0.211. The van der Waals surface area contributed by atoms with Crippen LogP contribution in [0.2, 0.25) is 0 Å². The number of halogens is 1. The van der Waals surface area contributed by atoms with Gasteiger partial charge in [-0.25, -0.2) is 0 Å². The molecule has 2 heterocycles. The van der Waals surface area contributed by atoms with E-state index in [0.29, 0.717) is 38.3 Å². The molecule has 0 spiro atoms. The molecule has 10 heteroatoms. The highest BCUT2D eigenvalue weighted by atomic mass is 79.9. The Labute approximate surface area is 173 Å². The summed E-state index contributed by atoms with van der Waals surface area (Å²) >= 11 is 3.24. The highest BCUT2D eigenvalue weighted by Crippen LogP contribution is 2.39. The fourth-order valence-electron chi connectivity index (χ4n) is 3.37. The smallest absolute Gasteiger partial charge is 0.285 e. The number of benzene rings is 2. The Balaban J connectivity index is 1.98. The number of methoxy groups -OCH3 is 2. The molecule has 0 radical (unpaired) electrons. The van der Waals surface area contributed by atoms with E-state index in [9.17, 15) is 14.9 Å². The summed E-state index contributed by atoms with van der Waals surface area (Å²) in [5.74, 6) is 1.55. The van der Waals surface area contributed by atoms with Crippen LogP contribution in [0, 0.1) is 10.1 Å². The minimum absolute atomic E-state index is 0.141. The summed E-state index contributed by atoms with van der Waals surface area (Å²) in [7, 11) is 3.08. The first-order chi connectivity index (χ1) is 13.9. The second-order valence-electron chi connectivity index (χ2n) is 6.32. The van der Waals surface area contributed by atoms with Gasteiger partial charge in [-0.15, -0.1) is 0 Å². The van der Waals surface area contributed by atoms with E-state index in [1.165, 1.54) is 17.7 Å². The Morgan fingerprint density at radius 3 is 2.76 bits per heavy atom. The van der Waals surface area contributed by atoms with E-state index in [0.717, 1.165) is 5.56 Å². The molecule has 1 aromatic heterocycles. The molecule has 0 aliphatic carbocycles. The summed E-state index contributed by atoms with van der Waals surface area (Å²) < 4.78 is 18.0. The highest BCUT2D eigenvalue weighted by molar-refractivity contribution is 9.10. The van der Waals surface area contributed by atoms with Gasteiger partial charge < -0.3 is 24.1 Å². The molecule has 0 saturated heterocycles. The lowest BCUT2D eigenvalue weighted by Gasteiger charge is -2.16. The zero-order valence-corrected chi connectivity index (χ0v) is 17.1. The first-order valence-corrected chi connectivity index (χ1v) is 9.36. The normalized spacial score (nSPS) is 12.2. The van der Waals surface area contributed by atoms with E-state index in [4.69, 9.17) is 14.2 Å². The minimum Gasteiger partial charge on any atom is -0.497 e. The van der Waals surface area contributed by atoms with Crippen LogP contribution in [-0.2, 0) is 6.54 Å². The monoisotopic (exact) mass is 461 g/mol. The summed E-state index contributed by atoms with van der Waals surface area (Å²) in [5, 5.41) is 15.0. The van der Waals surface area contributed by atoms with Gasteiger partial charge >= 0.3 is 0 Å². The molecule has 150 valence electrons. The van der Waals surface area contributed by atoms with Crippen molar-refractivity contribution < 1.29 is 19.1 Å². The standard InChI is InChI=1S/C19H16BrN3O6/c1-27-11-4-3-10(16(5-11)28-2)8-22-14-7-15(23(25)26)13(20)6-12(14)18-17(19(22)24)21-9-29-18/h3-7,21H,8-9H2,1-2H3. The number of nitro groups is 1. The number of aromatic nitrogens is 1. The quantitative estimate of drug-likeness (QED) is 0.457. The number of nitrogens with one attached hydrogen (secondary N) is 1. The number of fused-ring (bicyclic) bond motifs is 3. The van der Waals surface area contributed by atoms with Crippen molar-refractivity contribution in [3.63, 3.8) is 0 Å². The summed E-state index contributed by atoms with van der Waals surface area (Å²) in [5.41, 5.74) is 0.967. The van der Waals surface area contributed by atoms with Crippen molar-refractivity contribution in [1.29, 1.82) is 0 Å². The molecule has 1 N–H and O–H groups in total. The molecule has 3 aromatic rings. The Morgan fingerprint density at radius 2 is 2.07 bits per heavy atom. The fourth-order valence-corrected chi connectivity index (χ4v) is 3.86. The van der Waals surface area contributed by atoms with Crippen molar-refractivity contribution in [1.82, 2.24) is 4.57 Å². The summed E-state index contributed by atoms with van der Waals surface area (Å²) in [6.07, 6.45) is 0. The molecule has 0 unspecified atom stereocenters. The molecule has 0 amide bonds. The zero-order valence-electron chi connectivity index (χ0n) is 15.5. The van der Waals surface area contributed by atoms with Crippen LogP contribution < -0.4 is 25.1 Å². The van der Waals surface area contributed by atoms with Gasteiger partial charge in [-0.1, -0.05) is 0 Å². The molecule has 9 nitrogen and oxygen atoms in total. The van der Waals surface area contributed by atoms with Gasteiger partial charge in [0.2, 0.25) is 0 Å². The number of nitro benzene ring substituents is 1. The van der Waals surface area contributed by atoms with Gasteiger partial charge in [0, 0.05) is 23.1 Å². The van der Waals surface area contributed by atoms with Crippen molar-refractivity contribution in [3.8, 4) is 17.2 Å². The first-order valence-electron chi connectivity index (χ1n) is 8.56. The van der Waals surface area contributed by atoms with Gasteiger partial charge in [-0.3, -0.25) is 14.9 Å². The van der Waals surface area contributed by atoms with Crippen LogP contribution >= 0.6 is 15.9 Å². The van der Waals surface area contributed by atoms with Gasteiger partial charge in [0.1, 0.15) is 17.2 Å². The lowest BCUT2D eigenvalue weighted by Crippen LogP contribution is -2.23. The molecule has 1 aliphatic rings. The van der Waals surface area contributed by atoms with Crippen molar-refractivity contribution >= 4 is 38.2 Å². The summed E-state index contributed by atoms with van der Waals surface area (Å²) in [6, 6.07) is 8.24. The number of rotatable bonds is 5. The first kappa shape index (κ1) is 19.1. The molecule has 0 bridgehead atoms. The predicted molar refractivity (Wildman–Crippen MR) is 110 cm³/mol. The van der Waals surface area contributed by atoms with E-state index in [1.807, 2.05) is 0 Å². The van der Waals surface area contributed by atoms with E-state index in [2.05, 4.69) is 21.2 Å². The Kier molecular flexibility index (Phi) is 4.79. The van der Waals surface area contributed by atoms with Gasteiger partial charge in [0.25, 0.3) is 11.2 Å². The SMILES string of the molecule is COc1ccc(Cn2c(=O)c3c(c4cc(Br)c([N+](=O)[O-])cc42)OCN3)c(OC)c1. The third-order valence-corrected chi connectivity index (χ3v) is 5.41. The number of hydrogen-bond acceptors (Lipinski definition) is 7. The van der Waals surface area contributed by atoms with Crippen LogP contribution in [0.15, 0.2) is 39.6 Å². The van der Waals surface area contributed by atoms with Crippen molar-refractivity contribution in [2.75, 3.05) is 26.3 Å². The second kappa shape index (κ2) is 7.28. The van der Waals surface area contributed by atoms with Gasteiger partial charge in [0.05, 0.1) is 35.7 Å². The maximum atomic E-state index is 13.1. The van der Waals surface area contributed by atoms with E-state index in [-0.39, 0.29) is 24.5 Å². The largest absolute Gasteiger partial charge is 0.497 e. The van der Waals surface area contributed by atoms with Crippen molar-refractivity contribution in [2.24, 2.45) is 0 Å². The van der Waals surface area contributed by atoms with E-state index >= 15 is 0 Å². The molecule has 2 aromatic carbocycles. The maximum absolute atomic E-state index is 13.1. The second-order valence-corrected chi connectivity index (χ2v) is 7.17. The number of anilines is 1. The van der Waals surface area contributed by atoms with Gasteiger partial charge in [-0.2, -0.15) is 0 Å². The predicted octanol–water partition coefficient (Wildman–Crippen LogP) is 3.50. The van der Waals surface area contributed by atoms with Gasteiger partial charge in [-0.05, 0) is 34.1 Å². The molecule has 0 fully saturated rings. The van der Waals surface area contributed by atoms with Gasteiger partial charge in [0.15, 0.2) is 12.5 Å². The molecule has 4 rings (SSSR count). The average molecular weight is 462 g/mol. The van der Waals surface area contributed by atoms with Crippen LogP contribution in [0.25, 0.3) is 10.9 Å². The molecule has 1 aliphatic heterocycles. The summed E-state index contributed by atoms with van der Waals surface area (Å²) in [6.45, 7) is 0.306. The summed E-state index contributed by atoms with van der Waals surface area (Å²) in [4.78, 5) is 24.1. The third-order valence-electron chi connectivity index (χ3n) is 4.77. The highest BCUT2D eigenvalue weighted by Gasteiger charge is 2.26. The van der Waals surface area contributed by atoms with Crippen LogP contribution in [0.5, 0.6) is 17.2 Å². The number of pyridine rings is 1. The maximum Gasteiger partial charge on any atom is 0.285 e. The molecular formula is C19H16BrN3O6. The van der Waals surface area contributed by atoms with Crippen LogP contribution in [0.4, 0.5) is 11.4 Å². The topological polar surface area (TPSA) is 105 Å². The van der Waals surface area contributed by atoms with E-state index in [1.54, 1.807) is 31.4 Å². The average Bonchev–Trinajstić information content (AvgIpc) is 3.21. The van der Waals surface area contributed by atoms with Crippen molar-refractivity contribution in [2.45, 2.75) is 6.54 Å². The third kappa shape index (κ3) is 3.15. The Bertz CT molecular complexity index is 1210. The molecule has 29 heavy (non-hydrogen) atoms. The zero-order chi connectivity index (χ0) is 20.7. The lowest BCUT2D eigenvalue weighted by atomic mass is 10.1.